The van der Waals surface area contributed by atoms with Crippen LogP contribution in [-0.2, 0) is 0 Å². The molecule has 0 amide bonds. The van der Waals surface area contributed by atoms with Gasteiger partial charge in [-0.15, -0.1) is 0 Å². The van der Waals surface area contributed by atoms with E-state index in [0.717, 1.165) is 25.0 Å². The highest BCUT2D eigenvalue weighted by molar-refractivity contribution is 5.80. The fourth-order valence-electron chi connectivity index (χ4n) is 4.14. The molecule has 1 aliphatic rings. The average Bonchev–Trinajstić information content (AvgIpc) is 3.14. The van der Waals surface area contributed by atoms with Crippen LogP contribution in [0.3, 0.4) is 0 Å². The van der Waals surface area contributed by atoms with Gasteiger partial charge in [0.2, 0.25) is 0 Å². The number of benzene rings is 1. The van der Waals surface area contributed by atoms with E-state index in [2.05, 4.69) is 25.0 Å². The molecule has 10 heteroatoms. The number of nitriles is 1. The van der Waals surface area contributed by atoms with Gasteiger partial charge in [0.15, 0.2) is 23.0 Å². The van der Waals surface area contributed by atoms with E-state index in [1.54, 1.807) is 25.4 Å². The fraction of sp³-hybridized carbons (Fsp3) is 0.273. The van der Waals surface area contributed by atoms with Crippen LogP contribution in [0.1, 0.15) is 60.5 Å². The van der Waals surface area contributed by atoms with Gasteiger partial charge in [-0.25, -0.2) is 28.4 Å². The molecule has 3 unspecified atom stereocenters. The van der Waals surface area contributed by atoms with Crippen molar-refractivity contribution in [1.29, 1.82) is 5.26 Å². The zero-order chi connectivity index (χ0) is 22.4. The Morgan fingerprint density at radius 2 is 1.94 bits per heavy atom. The summed E-state index contributed by atoms with van der Waals surface area (Å²) in [6.45, 7) is 1.72. The smallest absolute Gasteiger partial charge is 0.263 e. The Morgan fingerprint density at radius 3 is 2.59 bits per heavy atom. The number of hydrogen-bond donors (Lipinski definition) is 1. The van der Waals surface area contributed by atoms with E-state index in [1.165, 1.54) is 10.7 Å². The Kier molecular flexibility index (Phi) is 4.74. The molecule has 0 saturated heterocycles. The first-order valence-corrected chi connectivity index (χ1v) is 10.1. The molecule has 1 aliphatic carbocycles. The summed E-state index contributed by atoms with van der Waals surface area (Å²) in [6, 6.07) is 6.61. The van der Waals surface area contributed by atoms with E-state index in [1.807, 2.05) is 6.07 Å². The summed E-state index contributed by atoms with van der Waals surface area (Å²) >= 11 is 0. The lowest BCUT2D eigenvalue weighted by molar-refractivity contribution is 0.319. The van der Waals surface area contributed by atoms with Gasteiger partial charge < -0.3 is 4.98 Å². The molecular weight excluding hydrogens is 416 g/mol. The number of halogens is 2. The van der Waals surface area contributed by atoms with Crippen molar-refractivity contribution in [2.75, 3.05) is 0 Å². The number of rotatable bonds is 4. The van der Waals surface area contributed by atoms with Crippen molar-refractivity contribution in [3.8, 4) is 6.07 Å². The Balaban J connectivity index is 1.62. The quantitative estimate of drug-likeness (QED) is 0.528. The number of H-pyrrole nitrogens is 1. The van der Waals surface area contributed by atoms with Gasteiger partial charge in [0, 0.05) is 24.2 Å². The van der Waals surface area contributed by atoms with Crippen LogP contribution in [0.25, 0.3) is 11.0 Å². The minimum atomic E-state index is -0.988. The number of fused-ring (bicyclic) bond motifs is 1. The Morgan fingerprint density at radius 1 is 1.19 bits per heavy atom. The zero-order valence-corrected chi connectivity index (χ0v) is 17.0. The highest BCUT2D eigenvalue weighted by Gasteiger charge is 2.37. The Labute approximate surface area is 180 Å². The molecule has 0 radical (unpaired) electrons. The van der Waals surface area contributed by atoms with Crippen molar-refractivity contribution in [2.45, 2.75) is 37.6 Å². The third kappa shape index (κ3) is 3.13. The second-order valence-electron chi connectivity index (χ2n) is 7.80. The van der Waals surface area contributed by atoms with Crippen molar-refractivity contribution in [3.63, 3.8) is 0 Å². The van der Waals surface area contributed by atoms with Crippen LogP contribution in [0.5, 0.6) is 0 Å². The SMILES string of the molecule is CC(c1ccc(F)c(F)c1)n1nc(C#N)c2c(=O)[nH]c(C3CCC3c3ncccn3)nc21. The summed E-state index contributed by atoms with van der Waals surface area (Å²) in [7, 11) is 0. The standard InChI is InChI=1S/C22H17F2N7O/c1-11(12-3-6-15(23)16(24)9-12)31-21-18(17(10-25)30-31)22(32)29-20(28-21)14-5-4-13(14)19-26-7-2-8-27-19/h2-3,6-9,11,13-14H,4-5H2,1H3,(H,28,29,32). The van der Waals surface area contributed by atoms with E-state index in [9.17, 15) is 18.8 Å². The fourth-order valence-corrected chi connectivity index (χ4v) is 4.14. The number of hydrogen-bond acceptors (Lipinski definition) is 6. The van der Waals surface area contributed by atoms with E-state index < -0.39 is 23.2 Å². The molecule has 3 aromatic heterocycles. The predicted molar refractivity (Wildman–Crippen MR) is 110 cm³/mol. The third-order valence-electron chi connectivity index (χ3n) is 6.02. The third-order valence-corrected chi connectivity index (χ3v) is 6.02. The first kappa shape index (κ1) is 19.9. The van der Waals surface area contributed by atoms with Crippen molar-refractivity contribution in [1.82, 2.24) is 29.7 Å². The number of aromatic nitrogens is 6. The summed E-state index contributed by atoms with van der Waals surface area (Å²) in [5, 5.41) is 13.8. The van der Waals surface area contributed by atoms with Crippen molar-refractivity contribution >= 4 is 11.0 Å². The molecule has 1 saturated carbocycles. The first-order valence-electron chi connectivity index (χ1n) is 10.1. The molecule has 0 aliphatic heterocycles. The molecule has 0 spiro atoms. The Bertz CT molecular complexity index is 1420. The van der Waals surface area contributed by atoms with Gasteiger partial charge in [-0.1, -0.05) is 6.07 Å². The molecule has 0 bridgehead atoms. The maximum absolute atomic E-state index is 13.8. The van der Waals surface area contributed by atoms with E-state index in [-0.39, 0.29) is 28.6 Å². The molecule has 1 aromatic carbocycles. The highest BCUT2D eigenvalue weighted by atomic mass is 19.2. The highest BCUT2D eigenvalue weighted by Crippen LogP contribution is 2.46. The first-order chi connectivity index (χ1) is 15.5. The molecule has 8 nitrogen and oxygen atoms in total. The van der Waals surface area contributed by atoms with Crippen LogP contribution < -0.4 is 5.56 Å². The van der Waals surface area contributed by atoms with Crippen LogP contribution in [0.15, 0.2) is 41.5 Å². The molecule has 4 aromatic rings. The number of nitrogens with zero attached hydrogens (tertiary/aromatic N) is 6. The maximum Gasteiger partial charge on any atom is 0.263 e. The van der Waals surface area contributed by atoms with Gasteiger partial charge in [-0.05, 0) is 43.5 Å². The van der Waals surface area contributed by atoms with Crippen LogP contribution in [0.2, 0.25) is 0 Å². The summed E-state index contributed by atoms with van der Waals surface area (Å²) < 4.78 is 28.6. The van der Waals surface area contributed by atoms with Crippen LogP contribution in [-0.4, -0.2) is 29.7 Å². The van der Waals surface area contributed by atoms with Gasteiger partial charge in [-0.2, -0.15) is 10.4 Å². The van der Waals surface area contributed by atoms with Crippen molar-refractivity contribution in [3.05, 3.63) is 81.6 Å². The minimum Gasteiger partial charge on any atom is -0.310 e. The molecule has 3 atom stereocenters. The van der Waals surface area contributed by atoms with E-state index >= 15 is 0 Å². The molecule has 32 heavy (non-hydrogen) atoms. The second-order valence-corrected chi connectivity index (χ2v) is 7.80. The van der Waals surface area contributed by atoms with E-state index in [4.69, 9.17) is 0 Å². The Hall–Kier alpha value is -4.00. The lowest BCUT2D eigenvalue weighted by Crippen LogP contribution is -2.28. The zero-order valence-electron chi connectivity index (χ0n) is 17.0. The average molecular weight is 433 g/mol. The molecule has 1 fully saturated rings. The van der Waals surface area contributed by atoms with Crippen LogP contribution >= 0.6 is 0 Å². The number of aromatic amines is 1. The normalized spacial score (nSPS) is 18.8. The molecular formula is C22H17F2N7O. The molecule has 5 rings (SSSR count). The van der Waals surface area contributed by atoms with Gasteiger partial charge in [0.1, 0.15) is 23.1 Å². The van der Waals surface area contributed by atoms with Crippen molar-refractivity contribution < 1.29 is 8.78 Å². The summed E-state index contributed by atoms with van der Waals surface area (Å²) in [6.07, 6.45) is 5.02. The lowest BCUT2D eigenvalue weighted by atomic mass is 9.72. The molecule has 3 heterocycles. The summed E-state index contributed by atoms with van der Waals surface area (Å²) in [5.41, 5.74) is 0.106. The van der Waals surface area contributed by atoms with Crippen molar-refractivity contribution in [2.24, 2.45) is 0 Å². The van der Waals surface area contributed by atoms with Gasteiger partial charge in [0.05, 0.1) is 6.04 Å². The van der Waals surface area contributed by atoms with E-state index in [0.29, 0.717) is 17.2 Å². The second kappa shape index (κ2) is 7.60. The summed E-state index contributed by atoms with van der Waals surface area (Å²) in [5.74, 6) is -0.852. The van der Waals surface area contributed by atoms with Crippen LogP contribution in [0, 0.1) is 23.0 Å². The topological polar surface area (TPSA) is 113 Å². The molecule has 160 valence electrons. The monoisotopic (exact) mass is 433 g/mol. The maximum atomic E-state index is 13.8. The van der Waals surface area contributed by atoms with Gasteiger partial charge >= 0.3 is 0 Å². The lowest BCUT2D eigenvalue weighted by Gasteiger charge is -2.34. The van der Waals surface area contributed by atoms with Gasteiger partial charge in [-0.3, -0.25) is 4.79 Å². The summed E-state index contributed by atoms with van der Waals surface area (Å²) in [4.78, 5) is 29.0. The van der Waals surface area contributed by atoms with Crippen LogP contribution in [0.4, 0.5) is 8.78 Å². The largest absolute Gasteiger partial charge is 0.310 e. The predicted octanol–water partition coefficient (Wildman–Crippen LogP) is 3.33. The number of nitrogens with one attached hydrogen (secondary N) is 1. The molecule has 1 N–H and O–H groups in total. The minimum absolute atomic E-state index is 0.0206. The van der Waals surface area contributed by atoms with Gasteiger partial charge in [0.25, 0.3) is 5.56 Å².